The predicted molar refractivity (Wildman–Crippen MR) is 121 cm³/mol. The van der Waals surface area contributed by atoms with E-state index in [1.165, 1.54) is 29.3 Å². The van der Waals surface area contributed by atoms with Crippen molar-refractivity contribution in [1.29, 1.82) is 0 Å². The number of aliphatic imine (C=N–C) groups is 1. The molecular weight excluding hydrogens is 417 g/mol. The maximum Gasteiger partial charge on any atom is 0.191 e. The maximum atomic E-state index is 13.8. The summed E-state index contributed by atoms with van der Waals surface area (Å²) < 4.78 is 37.2. The fraction of sp³-hybridized carbons (Fsp3) is 0.435. The van der Waals surface area contributed by atoms with Crippen molar-refractivity contribution in [3.63, 3.8) is 0 Å². The van der Waals surface area contributed by atoms with Crippen molar-refractivity contribution >= 4 is 15.8 Å². The average molecular weight is 448 g/mol. The molecule has 0 amide bonds. The molecule has 1 aliphatic rings. The summed E-state index contributed by atoms with van der Waals surface area (Å²) in [5.74, 6) is 0.197. The Labute approximate surface area is 183 Å². The third-order valence-corrected chi connectivity index (χ3v) is 6.23. The second-order valence-electron chi connectivity index (χ2n) is 7.94. The van der Waals surface area contributed by atoms with Gasteiger partial charge in [-0.1, -0.05) is 12.1 Å². The van der Waals surface area contributed by atoms with Gasteiger partial charge in [-0.3, -0.25) is 0 Å². The van der Waals surface area contributed by atoms with E-state index in [0.717, 1.165) is 37.5 Å². The van der Waals surface area contributed by atoms with Gasteiger partial charge in [-0.25, -0.2) is 17.8 Å². The molecule has 1 aliphatic carbocycles. The Bertz CT molecular complexity index is 1070. The minimum Gasteiger partial charge on any atom is -0.508 e. The zero-order valence-electron chi connectivity index (χ0n) is 18.0. The van der Waals surface area contributed by atoms with Crippen LogP contribution in [0.25, 0.3) is 0 Å². The minimum atomic E-state index is -3.25. The summed E-state index contributed by atoms with van der Waals surface area (Å²) in [4.78, 5) is 4.52. The molecule has 0 heterocycles. The second-order valence-corrected chi connectivity index (χ2v) is 10.1. The van der Waals surface area contributed by atoms with Crippen LogP contribution in [0.4, 0.5) is 4.39 Å². The van der Waals surface area contributed by atoms with Crippen LogP contribution >= 0.6 is 0 Å². The first-order chi connectivity index (χ1) is 14.8. The summed E-state index contributed by atoms with van der Waals surface area (Å²) in [6.45, 7) is 3.12. The van der Waals surface area contributed by atoms with Gasteiger partial charge >= 0.3 is 0 Å². The van der Waals surface area contributed by atoms with Crippen molar-refractivity contribution in [2.75, 3.05) is 12.8 Å². The van der Waals surface area contributed by atoms with E-state index in [1.54, 1.807) is 6.07 Å². The number of phenols is 1. The summed E-state index contributed by atoms with van der Waals surface area (Å²) in [6.07, 6.45) is 5.41. The second kappa shape index (κ2) is 10.1. The highest BCUT2D eigenvalue weighted by atomic mass is 32.2. The number of hydrogen-bond acceptors (Lipinski definition) is 4. The molecule has 168 valence electrons. The highest BCUT2D eigenvalue weighted by Crippen LogP contribution is 2.30. The van der Waals surface area contributed by atoms with Gasteiger partial charge < -0.3 is 15.7 Å². The van der Waals surface area contributed by atoms with Gasteiger partial charge in [0.1, 0.15) is 11.6 Å². The molecule has 2 aromatic rings. The molecule has 2 aromatic carbocycles. The Morgan fingerprint density at radius 2 is 1.90 bits per heavy atom. The molecule has 3 N–H and O–H groups in total. The lowest BCUT2D eigenvalue weighted by Crippen LogP contribution is -2.37. The zero-order chi connectivity index (χ0) is 22.4. The SMILES string of the molecule is CCNC(=NCc1cc(F)ccc1CS(C)(=O)=O)NCc1c(O)ccc2c1CCCC2. The molecule has 0 spiro atoms. The van der Waals surface area contributed by atoms with Crippen molar-refractivity contribution in [2.24, 2.45) is 4.99 Å². The largest absolute Gasteiger partial charge is 0.508 e. The van der Waals surface area contributed by atoms with Crippen molar-refractivity contribution in [2.45, 2.75) is 51.4 Å². The van der Waals surface area contributed by atoms with E-state index >= 15 is 0 Å². The van der Waals surface area contributed by atoms with Gasteiger partial charge in [0.25, 0.3) is 0 Å². The lowest BCUT2D eigenvalue weighted by molar-refractivity contribution is 0.464. The molecule has 0 aromatic heterocycles. The topological polar surface area (TPSA) is 90.8 Å². The van der Waals surface area contributed by atoms with Crippen LogP contribution in [0.3, 0.4) is 0 Å². The van der Waals surface area contributed by atoms with Gasteiger partial charge in [-0.15, -0.1) is 0 Å². The van der Waals surface area contributed by atoms with Crippen molar-refractivity contribution in [3.8, 4) is 5.75 Å². The summed E-state index contributed by atoms with van der Waals surface area (Å²) in [6, 6.07) is 7.83. The molecule has 0 saturated carbocycles. The van der Waals surface area contributed by atoms with E-state index in [2.05, 4.69) is 15.6 Å². The van der Waals surface area contributed by atoms with E-state index in [0.29, 0.717) is 30.2 Å². The summed E-state index contributed by atoms with van der Waals surface area (Å²) in [5, 5.41) is 16.8. The number of hydrogen-bond donors (Lipinski definition) is 3. The Balaban J connectivity index is 1.79. The number of sulfone groups is 1. The van der Waals surface area contributed by atoms with Crippen LogP contribution in [0.15, 0.2) is 35.3 Å². The molecule has 6 nitrogen and oxygen atoms in total. The minimum absolute atomic E-state index is 0.136. The van der Waals surface area contributed by atoms with E-state index in [4.69, 9.17) is 0 Å². The number of nitrogens with zero attached hydrogens (tertiary/aromatic N) is 1. The molecular formula is C23H30FN3O3S. The van der Waals surface area contributed by atoms with Crippen LogP contribution in [-0.2, 0) is 41.5 Å². The fourth-order valence-corrected chi connectivity index (χ4v) is 4.78. The van der Waals surface area contributed by atoms with Crippen molar-refractivity contribution < 1.29 is 17.9 Å². The fourth-order valence-electron chi connectivity index (χ4n) is 3.93. The van der Waals surface area contributed by atoms with Crippen LogP contribution in [0.5, 0.6) is 5.75 Å². The van der Waals surface area contributed by atoms with Gasteiger partial charge in [-0.05, 0) is 73.1 Å². The summed E-state index contributed by atoms with van der Waals surface area (Å²) in [5.41, 5.74) is 4.44. The van der Waals surface area contributed by atoms with E-state index < -0.39 is 15.7 Å². The van der Waals surface area contributed by atoms with Crippen LogP contribution in [0.2, 0.25) is 0 Å². The number of halogens is 1. The number of aromatic hydroxyl groups is 1. The van der Waals surface area contributed by atoms with Crippen LogP contribution in [-0.4, -0.2) is 32.3 Å². The number of nitrogens with one attached hydrogen (secondary N) is 2. The van der Waals surface area contributed by atoms with Crippen LogP contribution in [0.1, 0.15) is 47.6 Å². The van der Waals surface area contributed by atoms with Gasteiger partial charge in [0.2, 0.25) is 0 Å². The average Bonchev–Trinajstić information content (AvgIpc) is 2.72. The lowest BCUT2D eigenvalue weighted by atomic mass is 9.88. The number of benzene rings is 2. The van der Waals surface area contributed by atoms with Crippen molar-refractivity contribution in [3.05, 3.63) is 64.0 Å². The molecule has 0 aliphatic heterocycles. The molecule has 0 bridgehead atoms. The van der Waals surface area contributed by atoms with E-state index in [-0.39, 0.29) is 18.0 Å². The lowest BCUT2D eigenvalue weighted by Gasteiger charge is -2.21. The van der Waals surface area contributed by atoms with E-state index in [1.807, 2.05) is 13.0 Å². The monoisotopic (exact) mass is 447 g/mol. The predicted octanol–water partition coefficient (Wildman–Crippen LogP) is 3.21. The van der Waals surface area contributed by atoms with Gasteiger partial charge in [-0.2, -0.15) is 0 Å². The normalized spacial score (nSPS) is 14.2. The van der Waals surface area contributed by atoms with Gasteiger partial charge in [0, 0.05) is 24.9 Å². The molecule has 0 atom stereocenters. The molecule has 8 heteroatoms. The first-order valence-electron chi connectivity index (χ1n) is 10.6. The Morgan fingerprint density at radius 1 is 1.13 bits per heavy atom. The van der Waals surface area contributed by atoms with Crippen LogP contribution in [0, 0.1) is 5.82 Å². The highest BCUT2D eigenvalue weighted by Gasteiger charge is 2.17. The smallest absolute Gasteiger partial charge is 0.191 e. The summed E-state index contributed by atoms with van der Waals surface area (Å²) in [7, 11) is -3.25. The first-order valence-corrected chi connectivity index (χ1v) is 12.6. The Kier molecular flexibility index (Phi) is 7.54. The number of guanidine groups is 1. The third-order valence-electron chi connectivity index (χ3n) is 5.40. The van der Waals surface area contributed by atoms with E-state index in [9.17, 15) is 17.9 Å². The van der Waals surface area contributed by atoms with Gasteiger partial charge in [0.15, 0.2) is 15.8 Å². The van der Waals surface area contributed by atoms with Crippen molar-refractivity contribution in [1.82, 2.24) is 10.6 Å². The zero-order valence-corrected chi connectivity index (χ0v) is 18.9. The molecule has 0 saturated heterocycles. The molecule has 3 rings (SSSR count). The number of phenolic OH excluding ortho intramolecular Hbond substituents is 1. The molecule has 0 fully saturated rings. The molecule has 0 radical (unpaired) electrons. The number of aryl methyl sites for hydroxylation is 1. The highest BCUT2D eigenvalue weighted by molar-refractivity contribution is 7.89. The Morgan fingerprint density at radius 3 is 2.65 bits per heavy atom. The molecule has 31 heavy (non-hydrogen) atoms. The quantitative estimate of drug-likeness (QED) is 0.448. The number of rotatable bonds is 7. The third kappa shape index (κ3) is 6.43. The first kappa shape index (κ1) is 23.1. The maximum absolute atomic E-state index is 13.8. The van der Waals surface area contributed by atoms with Crippen LogP contribution < -0.4 is 10.6 Å². The summed E-state index contributed by atoms with van der Waals surface area (Å²) >= 11 is 0. The molecule has 0 unspecified atom stereocenters. The number of fused-ring (bicyclic) bond motifs is 1. The van der Waals surface area contributed by atoms with Gasteiger partial charge in [0.05, 0.1) is 12.3 Å². The Hall–Kier alpha value is -2.61. The standard InChI is InChI=1S/C23H30FN3O3S/c1-3-25-23(26-13-18-12-19(24)10-8-17(18)15-31(2,29)30)27-14-21-20-7-5-4-6-16(20)9-11-22(21)28/h8-12,28H,3-7,13-15H2,1-2H3,(H2,25,26,27).